The van der Waals surface area contributed by atoms with Crippen molar-refractivity contribution in [1.82, 2.24) is 14.9 Å². The molecule has 0 fully saturated rings. The monoisotopic (exact) mass is 379 g/mol. The summed E-state index contributed by atoms with van der Waals surface area (Å²) in [4.78, 5) is 16.6. The number of aryl methyl sites for hydroxylation is 2. The predicted octanol–water partition coefficient (Wildman–Crippen LogP) is 4.05. The van der Waals surface area contributed by atoms with E-state index in [0.717, 1.165) is 28.2 Å². The number of carbonyl (C=O) groups is 1. The molecule has 5 heteroatoms. The number of rotatable bonds is 8. The van der Waals surface area contributed by atoms with Crippen molar-refractivity contribution in [2.24, 2.45) is 5.92 Å². The predicted molar refractivity (Wildman–Crippen MR) is 113 cm³/mol. The number of imidazole rings is 1. The van der Waals surface area contributed by atoms with E-state index < -0.39 is 0 Å². The number of fused-ring (bicyclic) bond motifs is 1. The van der Waals surface area contributed by atoms with Gasteiger partial charge in [-0.1, -0.05) is 43.7 Å². The van der Waals surface area contributed by atoms with Gasteiger partial charge in [-0.15, -0.1) is 0 Å². The fourth-order valence-corrected chi connectivity index (χ4v) is 3.28. The Morgan fingerprint density at radius 2 is 1.96 bits per heavy atom. The molecule has 1 N–H and O–H groups in total. The van der Waals surface area contributed by atoms with Crippen molar-refractivity contribution < 1.29 is 9.53 Å². The highest BCUT2D eigenvalue weighted by Gasteiger charge is 2.12. The largest absolute Gasteiger partial charge is 0.491 e. The average Bonchev–Trinajstić information content (AvgIpc) is 3.01. The van der Waals surface area contributed by atoms with Gasteiger partial charge < -0.3 is 14.6 Å². The lowest BCUT2D eigenvalue weighted by Crippen LogP contribution is -2.30. The van der Waals surface area contributed by atoms with E-state index in [-0.39, 0.29) is 11.8 Å². The first-order valence-corrected chi connectivity index (χ1v) is 9.87. The van der Waals surface area contributed by atoms with Crippen LogP contribution in [0.2, 0.25) is 0 Å². The van der Waals surface area contributed by atoms with Crippen molar-refractivity contribution in [3.8, 4) is 5.75 Å². The Balaban J connectivity index is 1.70. The molecule has 0 unspecified atom stereocenters. The summed E-state index contributed by atoms with van der Waals surface area (Å²) in [6, 6.07) is 14.3. The van der Waals surface area contributed by atoms with Crippen LogP contribution in [0, 0.1) is 19.8 Å². The van der Waals surface area contributed by atoms with Crippen molar-refractivity contribution in [2.45, 2.75) is 40.7 Å². The second-order valence-corrected chi connectivity index (χ2v) is 7.48. The number of amides is 1. The molecule has 2 aromatic carbocycles. The van der Waals surface area contributed by atoms with Gasteiger partial charge in [-0.25, -0.2) is 4.98 Å². The quantitative estimate of drug-likeness (QED) is 0.642. The molecule has 28 heavy (non-hydrogen) atoms. The third kappa shape index (κ3) is 4.71. The molecule has 1 aromatic heterocycles. The Labute approximate surface area is 166 Å². The first-order valence-electron chi connectivity index (χ1n) is 9.87. The van der Waals surface area contributed by atoms with Crippen LogP contribution >= 0.6 is 0 Å². The molecule has 0 radical (unpaired) electrons. The molecule has 0 bridgehead atoms. The van der Waals surface area contributed by atoms with Gasteiger partial charge in [0, 0.05) is 18.9 Å². The first-order chi connectivity index (χ1) is 13.5. The third-order valence-corrected chi connectivity index (χ3v) is 4.81. The number of benzene rings is 2. The van der Waals surface area contributed by atoms with Gasteiger partial charge in [0.05, 0.1) is 17.6 Å². The van der Waals surface area contributed by atoms with Crippen LogP contribution in [0.5, 0.6) is 5.75 Å². The lowest BCUT2D eigenvalue weighted by atomic mass is 10.1. The number of aromatic nitrogens is 2. The van der Waals surface area contributed by atoms with E-state index in [1.807, 2.05) is 38.1 Å². The highest BCUT2D eigenvalue weighted by Crippen LogP contribution is 2.20. The fourth-order valence-electron chi connectivity index (χ4n) is 3.28. The van der Waals surface area contributed by atoms with E-state index in [1.54, 1.807) is 0 Å². The van der Waals surface area contributed by atoms with Crippen molar-refractivity contribution in [1.29, 1.82) is 0 Å². The zero-order chi connectivity index (χ0) is 20.1. The summed E-state index contributed by atoms with van der Waals surface area (Å²) in [6.45, 7) is 9.80. The Bertz CT molecular complexity index is 960. The highest BCUT2D eigenvalue weighted by atomic mass is 16.5. The van der Waals surface area contributed by atoms with Crippen molar-refractivity contribution in [2.75, 3.05) is 13.2 Å². The summed E-state index contributed by atoms with van der Waals surface area (Å²) in [5, 5.41) is 2.97. The van der Waals surface area contributed by atoms with E-state index in [2.05, 4.69) is 41.9 Å². The van der Waals surface area contributed by atoms with Gasteiger partial charge in [-0.2, -0.15) is 0 Å². The average molecular weight is 380 g/mol. The molecular formula is C23H29N3O2. The minimum atomic E-state index is -0.00929. The summed E-state index contributed by atoms with van der Waals surface area (Å²) < 4.78 is 8.22. The van der Waals surface area contributed by atoms with Crippen molar-refractivity contribution in [3.05, 3.63) is 59.4 Å². The molecule has 0 aliphatic heterocycles. The number of hydrogen-bond donors (Lipinski definition) is 1. The number of para-hydroxylation sites is 2. The van der Waals surface area contributed by atoms with Gasteiger partial charge in [-0.05, 0) is 37.6 Å². The smallest absolute Gasteiger partial charge is 0.222 e. The summed E-state index contributed by atoms with van der Waals surface area (Å²) in [5.74, 6) is 1.95. The number of nitrogens with zero attached hydrogens (tertiary/aromatic N) is 2. The summed E-state index contributed by atoms with van der Waals surface area (Å²) >= 11 is 0. The number of hydrogen-bond acceptors (Lipinski definition) is 3. The van der Waals surface area contributed by atoms with Crippen LogP contribution in [0.1, 0.15) is 30.8 Å². The second kappa shape index (κ2) is 8.91. The third-order valence-electron chi connectivity index (χ3n) is 4.81. The van der Waals surface area contributed by atoms with Gasteiger partial charge >= 0.3 is 0 Å². The van der Waals surface area contributed by atoms with Crippen molar-refractivity contribution >= 4 is 16.9 Å². The van der Waals surface area contributed by atoms with Gasteiger partial charge in [0.15, 0.2) is 0 Å². The van der Waals surface area contributed by atoms with E-state index >= 15 is 0 Å². The van der Waals surface area contributed by atoms with Gasteiger partial charge in [-0.3, -0.25) is 4.79 Å². The van der Waals surface area contributed by atoms with Gasteiger partial charge in [0.2, 0.25) is 5.91 Å². The van der Waals surface area contributed by atoms with E-state index in [0.29, 0.717) is 26.1 Å². The molecule has 1 heterocycles. The molecule has 0 atom stereocenters. The summed E-state index contributed by atoms with van der Waals surface area (Å²) in [5.41, 5.74) is 4.44. The molecule has 3 aromatic rings. The zero-order valence-corrected chi connectivity index (χ0v) is 17.2. The molecule has 0 saturated carbocycles. The number of carbonyl (C=O) groups excluding carboxylic acids is 1. The van der Waals surface area contributed by atoms with Crippen molar-refractivity contribution in [3.63, 3.8) is 0 Å². The maximum absolute atomic E-state index is 11.8. The van der Waals surface area contributed by atoms with Crippen LogP contribution in [-0.2, 0) is 17.8 Å². The minimum Gasteiger partial charge on any atom is -0.491 e. The van der Waals surface area contributed by atoms with Crippen LogP contribution in [0.15, 0.2) is 42.5 Å². The van der Waals surface area contributed by atoms with Crippen LogP contribution < -0.4 is 10.1 Å². The Kier molecular flexibility index (Phi) is 6.34. The molecule has 0 aliphatic carbocycles. The molecule has 5 nitrogen and oxygen atoms in total. The molecule has 1 amide bonds. The lowest BCUT2D eigenvalue weighted by molar-refractivity contribution is -0.123. The van der Waals surface area contributed by atoms with E-state index in [4.69, 9.17) is 9.72 Å². The Hall–Kier alpha value is -2.82. The second-order valence-electron chi connectivity index (χ2n) is 7.48. The Morgan fingerprint density at radius 1 is 1.18 bits per heavy atom. The minimum absolute atomic E-state index is 0.00929. The molecule has 0 spiro atoms. The molecular weight excluding hydrogens is 350 g/mol. The van der Waals surface area contributed by atoms with Crippen LogP contribution in [0.4, 0.5) is 0 Å². The van der Waals surface area contributed by atoms with Gasteiger partial charge in [0.25, 0.3) is 0 Å². The molecule has 0 saturated heterocycles. The fraction of sp³-hybridized carbons (Fsp3) is 0.391. The number of ether oxygens (including phenoxy) is 1. The maximum Gasteiger partial charge on any atom is 0.222 e. The molecule has 148 valence electrons. The normalized spacial score (nSPS) is 11.2. The highest BCUT2D eigenvalue weighted by molar-refractivity contribution is 5.78. The van der Waals surface area contributed by atoms with Gasteiger partial charge in [0.1, 0.15) is 18.2 Å². The Morgan fingerprint density at radius 3 is 2.71 bits per heavy atom. The lowest BCUT2D eigenvalue weighted by Gasteiger charge is -2.13. The van der Waals surface area contributed by atoms with Crippen LogP contribution in [-0.4, -0.2) is 28.6 Å². The first kappa shape index (κ1) is 19.9. The summed E-state index contributed by atoms with van der Waals surface area (Å²) in [7, 11) is 0. The zero-order valence-electron chi connectivity index (χ0n) is 17.2. The van der Waals surface area contributed by atoms with Crippen LogP contribution in [0.3, 0.4) is 0 Å². The standard InChI is InChI=1S/C23H29N3O2/c1-16(2)23(27)24-12-11-22-25-19-7-5-6-8-20(19)26(22)13-14-28-21-10-9-17(3)15-18(21)4/h5-10,15-16H,11-14H2,1-4H3,(H,24,27). The summed E-state index contributed by atoms with van der Waals surface area (Å²) in [6.07, 6.45) is 0.691. The van der Waals surface area contributed by atoms with E-state index in [9.17, 15) is 4.79 Å². The maximum atomic E-state index is 11.8. The topological polar surface area (TPSA) is 56.1 Å². The SMILES string of the molecule is Cc1ccc(OCCn2c(CCNC(=O)C(C)C)nc3ccccc32)c(C)c1. The number of nitrogens with one attached hydrogen (secondary N) is 1. The molecule has 3 rings (SSSR count). The molecule has 0 aliphatic rings. The van der Waals surface area contributed by atoms with Crippen LogP contribution in [0.25, 0.3) is 11.0 Å². The van der Waals surface area contributed by atoms with E-state index in [1.165, 1.54) is 5.56 Å².